The number of methoxy groups -OCH3 is 1. The van der Waals surface area contributed by atoms with Crippen molar-refractivity contribution in [1.82, 2.24) is 15.2 Å². The van der Waals surface area contributed by atoms with E-state index in [0.29, 0.717) is 37.3 Å². The normalized spacial score (nSPS) is 21.3. The van der Waals surface area contributed by atoms with Crippen molar-refractivity contribution in [3.05, 3.63) is 65.9 Å². The summed E-state index contributed by atoms with van der Waals surface area (Å²) in [6.45, 7) is 2.51. The minimum Gasteiger partial charge on any atom is -0.496 e. The van der Waals surface area contributed by atoms with Crippen LogP contribution in [0, 0.1) is 11.8 Å². The molecule has 2 amide bonds. The molecule has 1 saturated carbocycles. The van der Waals surface area contributed by atoms with Crippen LogP contribution in [0.3, 0.4) is 0 Å². The molecule has 2 aromatic carbocycles. The van der Waals surface area contributed by atoms with E-state index in [0.717, 1.165) is 29.3 Å². The second-order valence-corrected chi connectivity index (χ2v) is 11.6. The molecule has 42 heavy (non-hydrogen) atoms. The quantitative estimate of drug-likeness (QED) is 0.350. The Bertz CT molecular complexity index is 1430. The van der Waals surface area contributed by atoms with Gasteiger partial charge in [-0.2, -0.15) is 0 Å². The van der Waals surface area contributed by atoms with Crippen LogP contribution in [-0.2, 0) is 25.7 Å². The predicted octanol–water partition coefficient (Wildman–Crippen LogP) is 4.45. The smallest absolute Gasteiger partial charge is 0.270 e. The largest absolute Gasteiger partial charge is 0.496 e. The highest BCUT2D eigenvalue weighted by Crippen LogP contribution is 2.30. The molecule has 9 nitrogen and oxygen atoms in total. The molecule has 2 aliphatic rings. The summed E-state index contributed by atoms with van der Waals surface area (Å²) in [5.41, 5.74) is 2.08. The Balaban J connectivity index is 1.30. The summed E-state index contributed by atoms with van der Waals surface area (Å²) in [5.74, 6) is -0.320. The van der Waals surface area contributed by atoms with E-state index in [9.17, 15) is 19.2 Å². The first-order valence-corrected chi connectivity index (χ1v) is 14.8. The van der Waals surface area contributed by atoms with Crippen molar-refractivity contribution < 1.29 is 28.7 Å². The molecule has 1 saturated heterocycles. The first-order valence-electron chi connectivity index (χ1n) is 14.8. The predicted molar refractivity (Wildman–Crippen MR) is 158 cm³/mol. The van der Waals surface area contributed by atoms with E-state index in [1.54, 1.807) is 18.1 Å². The minimum atomic E-state index is -0.870. The maximum absolute atomic E-state index is 13.7. The standard InChI is InChI=1S/C33H39N3O6/c1-21-15-28(36(18-21)33(40)27-17-24-25(34-27)12-8-14-31(24)41-2)32(39)35-26(16-23-11-6-7-13-29(23)37)30(38)20-42-19-22-9-4-3-5-10-22/h3-5,8-10,12,14,17,21,23,26,28,34H,6-7,11,13,15-16,18-20H2,1-2H3,(H,35,39). The number of nitrogens with one attached hydrogen (secondary N) is 2. The second-order valence-electron chi connectivity index (χ2n) is 11.6. The zero-order valence-electron chi connectivity index (χ0n) is 24.3. The Hall–Kier alpha value is -3.98. The highest BCUT2D eigenvalue weighted by Gasteiger charge is 2.40. The van der Waals surface area contributed by atoms with E-state index in [-0.39, 0.29) is 54.9 Å². The molecule has 0 spiro atoms. The molecular formula is C33H39N3O6. The molecule has 222 valence electrons. The fraction of sp³-hybridized carbons (Fsp3) is 0.455. The molecule has 0 bridgehead atoms. The fourth-order valence-corrected chi connectivity index (χ4v) is 6.17. The lowest BCUT2D eigenvalue weighted by Crippen LogP contribution is -2.52. The molecule has 9 heteroatoms. The van der Waals surface area contributed by atoms with Crippen molar-refractivity contribution in [2.45, 2.75) is 64.1 Å². The van der Waals surface area contributed by atoms with Crippen molar-refractivity contribution >= 4 is 34.3 Å². The summed E-state index contributed by atoms with van der Waals surface area (Å²) in [5, 5.41) is 3.72. The van der Waals surface area contributed by atoms with Gasteiger partial charge in [0.2, 0.25) is 5.91 Å². The summed E-state index contributed by atoms with van der Waals surface area (Å²) in [4.78, 5) is 58.2. The van der Waals surface area contributed by atoms with Crippen LogP contribution in [0.1, 0.15) is 61.5 Å². The number of carbonyl (C=O) groups is 4. The third-order valence-electron chi connectivity index (χ3n) is 8.41. The number of amides is 2. The Kier molecular flexibility index (Phi) is 9.37. The van der Waals surface area contributed by atoms with Gasteiger partial charge in [0.1, 0.15) is 29.9 Å². The summed E-state index contributed by atoms with van der Waals surface area (Å²) in [6.07, 6.45) is 3.72. The van der Waals surface area contributed by atoms with Crippen LogP contribution in [0.5, 0.6) is 5.75 Å². The van der Waals surface area contributed by atoms with Gasteiger partial charge in [-0.25, -0.2) is 0 Å². The average molecular weight is 574 g/mol. The number of fused-ring (bicyclic) bond motifs is 1. The number of ether oxygens (including phenoxy) is 2. The van der Waals surface area contributed by atoms with Gasteiger partial charge in [-0.05, 0) is 55.4 Å². The van der Waals surface area contributed by atoms with Gasteiger partial charge in [0.25, 0.3) is 5.91 Å². The number of nitrogens with zero attached hydrogens (tertiary/aromatic N) is 1. The minimum absolute atomic E-state index is 0.104. The molecular weight excluding hydrogens is 534 g/mol. The molecule has 4 atom stereocenters. The van der Waals surface area contributed by atoms with Gasteiger partial charge in [-0.1, -0.05) is 49.7 Å². The van der Waals surface area contributed by atoms with Gasteiger partial charge in [0, 0.05) is 29.8 Å². The maximum Gasteiger partial charge on any atom is 0.270 e. The Morgan fingerprint density at radius 3 is 2.67 bits per heavy atom. The van der Waals surface area contributed by atoms with Crippen LogP contribution in [0.25, 0.3) is 10.9 Å². The number of rotatable bonds is 11. The number of H-pyrrole nitrogens is 1. The number of likely N-dealkylation sites (tertiary alicyclic amines) is 1. The number of benzene rings is 2. The van der Waals surface area contributed by atoms with E-state index in [2.05, 4.69) is 10.3 Å². The lowest BCUT2D eigenvalue weighted by Gasteiger charge is -2.28. The molecule has 3 aromatic rings. The highest BCUT2D eigenvalue weighted by molar-refractivity contribution is 6.02. The third kappa shape index (κ3) is 6.73. The molecule has 2 heterocycles. The van der Waals surface area contributed by atoms with Crippen molar-refractivity contribution in [3.63, 3.8) is 0 Å². The number of aromatic nitrogens is 1. The number of hydrogen-bond acceptors (Lipinski definition) is 6. The van der Waals surface area contributed by atoms with Gasteiger partial charge in [0.15, 0.2) is 5.78 Å². The van der Waals surface area contributed by atoms with Crippen LogP contribution < -0.4 is 10.1 Å². The summed E-state index contributed by atoms with van der Waals surface area (Å²) in [6, 6.07) is 15.2. The van der Waals surface area contributed by atoms with Gasteiger partial charge >= 0.3 is 0 Å². The number of aromatic amines is 1. The lowest BCUT2D eigenvalue weighted by molar-refractivity contribution is -0.134. The van der Waals surface area contributed by atoms with E-state index in [1.807, 2.05) is 55.5 Å². The van der Waals surface area contributed by atoms with Gasteiger partial charge in [0.05, 0.1) is 19.8 Å². The van der Waals surface area contributed by atoms with E-state index < -0.39 is 12.1 Å². The van der Waals surface area contributed by atoms with E-state index in [1.165, 1.54) is 0 Å². The first kappa shape index (κ1) is 29.5. The number of Topliss-reactive ketones (excluding diaryl/α,β-unsaturated/α-hetero) is 2. The van der Waals surface area contributed by atoms with Crippen molar-refractivity contribution in [2.24, 2.45) is 11.8 Å². The topological polar surface area (TPSA) is 118 Å². The molecule has 2 N–H and O–H groups in total. The van der Waals surface area contributed by atoms with Gasteiger partial charge in [-0.3, -0.25) is 19.2 Å². The average Bonchev–Trinajstić information content (AvgIpc) is 3.62. The summed E-state index contributed by atoms with van der Waals surface area (Å²) < 4.78 is 11.1. The zero-order valence-corrected chi connectivity index (χ0v) is 24.3. The monoisotopic (exact) mass is 573 g/mol. The number of ketones is 2. The first-order chi connectivity index (χ1) is 20.3. The van der Waals surface area contributed by atoms with Crippen LogP contribution in [-0.4, -0.2) is 65.6 Å². The molecule has 5 rings (SSSR count). The van der Waals surface area contributed by atoms with Crippen molar-refractivity contribution in [1.29, 1.82) is 0 Å². The summed E-state index contributed by atoms with van der Waals surface area (Å²) in [7, 11) is 1.58. The lowest BCUT2D eigenvalue weighted by atomic mass is 9.83. The third-order valence-corrected chi connectivity index (χ3v) is 8.41. The second kappa shape index (κ2) is 13.3. The van der Waals surface area contributed by atoms with E-state index in [4.69, 9.17) is 9.47 Å². The van der Waals surface area contributed by atoms with Crippen molar-refractivity contribution in [3.8, 4) is 5.75 Å². The van der Waals surface area contributed by atoms with Crippen LogP contribution in [0.15, 0.2) is 54.6 Å². The summed E-state index contributed by atoms with van der Waals surface area (Å²) >= 11 is 0. The molecule has 1 aliphatic carbocycles. The molecule has 2 fully saturated rings. The van der Waals surface area contributed by atoms with Gasteiger partial charge < -0.3 is 24.7 Å². The SMILES string of the molecule is COc1cccc2[nH]c(C(=O)N3CC(C)CC3C(=O)NC(CC3CCCCC3=O)C(=O)COCc3ccccc3)cc12. The number of hydrogen-bond donors (Lipinski definition) is 2. The molecule has 0 radical (unpaired) electrons. The van der Waals surface area contributed by atoms with Gasteiger partial charge in [-0.15, -0.1) is 0 Å². The van der Waals surface area contributed by atoms with Crippen LogP contribution in [0.2, 0.25) is 0 Å². The maximum atomic E-state index is 13.7. The molecule has 1 aliphatic heterocycles. The Morgan fingerprint density at radius 2 is 1.90 bits per heavy atom. The van der Waals surface area contributed by atoms with E-state index >= 15 is 0 Å². The fourth-order valence-electron chi connectivity index (χ4n) is 6.17. The molecule has 1 aromatic heterocycles. The number of carbonyl (C=O) groups excluding carboxylic acids is 4. The van der Waals surface area contributed by atoms with Crippen molar-refractivity contribution in [2.75, 3.05) is 20.3 Å². The van der Waals surface area contributed by atoms with Crippen LogP contribution >= 0.6 is 0 Å². The molecule has 4 unspecified atom stereocenters. The van der Waals surface area contributed by atoms with Crippen LogP contribution in [0.4, 0.5) is 0 Å². The zero-order chi connectivity index (χ0) is 29.6. The highest BCUT2D eigenvalue weighted by atomic mass is 16.5. The Morgan fingerprint density at radius 1 is 1.10 bits per heavy atom. The Labute approximate surface area is 245 Å².